The molecule has 1 aromatic heterocycles. The summed E-state index contributed by atoms with van der Waals surface area (Å²) in [6, 6.07) is 6.08. The number of hydrogen-bond donors (Lipinski definition) is 2. The van der Waals surface area contributed by atoms with Crippen LogP contribution in [0.1, 0.15) is 43.9 Å². The number of amides is 2. The first-order valence-electron chi connectivity index (χ1n) is 9.70. The van der Waals surface area contributed by atoms with Gasteiger partial charge < -0.3 is 15.0 Å². The standard InChI is InChI=1S/C21H27FN4O3/c1-21(2,15-6-8-16(22)9-7-15)20(28)26-10-4-5-14(12-26)19-17(11-23-25-19)24-18(27)13-29-3/h6-9,11,14H,4-5,10,12-13H2,1-3H3,(H,23,25)(H,24,27)/t14-/m1/s1. The molecule has 29 heavy (non-hydrogen) atoms. The van der Waals surface area contributed by atoms with Crippen LogP contribution in [0, 0.1) is 5.82 Å². The van der Waals surface area contributed by atoms with Crippen molar-refractivity contribution in [1.82, 2.24) is 15.1 Å². The van der Waals surface area contributed by atoms with Gasteiger partial charge in [0.2, 0.25) is 11.8 Å². The van der Waals surface area contributed by atoms with Crippen molar-refractivity contribution in [3.63, 3.8) is 0 Å². The van der Waals surface area contributed by atoms with Gasteiger partial charge in [0.1, 0.15) is 12.4 Å². The fourth-order valence-corrected chi connectivity index (χ4v) is 3.81. The topological polar surface area (TPSA) is 87.3 Å². The molecule has 0 bridgehead atoms. The van der Waals surface area contributed by atoms with Crippen molar-refractivity contribution >= 4 is 17.5 Å². The predicted molar refractivity (Wildman–Crippen MR) is 107 cm³/mol. The molecule has 0 aliphatic carbocycles. The summed E-state index contributed by atoms with van der Waals surface area (Å²) in [5, 5.41) is 9.84. The number of halogens is 1. The van der Waals surface area contributed by atoms with Gasteiger partial charge >= 0.3 is 0 Å². The van der Waals surface area contributed by atoms with Crippen molar-refractivity contribution in [2.45, 2.75) is 38.0 Å². The molecule has 2 heterocycles. The molecule has 8 heteroatoms. The maximum atomic E-state index is 13.3. The van der Waals surface area contributed by atoms with Crippen LogP contribution < -0.4 is 5.32 Å². The molecular formula is C21H27FN4O3. The maximum absolute atomic E-state index is 13.3. The quantitative estimate of drug-likeness (QED) is 0.778. The molecule has 7 nitrogen and oxygen atoms in total. The zero-order valence-electron chi connectivity index (χ0n) is 17.0. The highest BCUT2D eigenvalue weighted by Crippen LogP contribution is 2.33. The van der Waals surface area contributed by atoms with Crippen LogP contribution >= 0.6 is 0 Å². The van der Waals surface area contributed by atoms with Crippen LogP contribution in [0.15, 0.2) is 30.5 Å². The van der Waals surface area contributed by atoms with Crippen LogP contribution in [0.4, 0.5) is 10.1 Å². The molecule has 0 radical (unpaired) electrons. The second-order valence-electron chi connectivity index (χ2n) is 7.90. The summed E-state index contributed by atoms with van der Waals surface area (Å²) >= 11 is 0. The molecule has 1 fully saturated rings. The highest BCUT2D eigenvalue weighted by Gasteiger charge is 2.37. The third kappa shape index (κ3) is 4.64. The number of carbonyl (C=O) groups excluding carboxylic acids is 2. The van der Waals surface area contributed by atoms with Crippen LogP contribution in [-0.2, 0) is 19.7 Å². The second kappa shape index (κ2) is 8.73. The molecule has 1 saturated heterocycles. The van der Waals surface area contributed by atoms with Gasteiger partial charge in [-0.05, 0) is 44.4 Å². The zero-order chi connectivity index (χ0) is 21.0. The first-order valence-corrected chi connectivity index (χ1v) is 9.70. The van der Waals surface area contributed by atoms with E-state index in [0.717, 1.165) is 24.1 Å². The van der Waals surface area contributed by atoms with Crippen molar-refractivity contribution in [1.29, 1.82) is 0 Å². The lowest BCUT2D eigenvalue weighted by Crippen LogP contribution is -2.47. The van der Waals surface area contributed by atoms with Gasteiger partial charge in [-0.2, -0.15) is 5.10 Å². The number of anilines is 1. The number of nitrogens with one attached hydrogen (secondary N) is 2. The van der Waals surface area contributed by atoms with Crippen LogP contribution in [0.3, 0.4) is 0 Å². The van der Waals surface area contributed by atoms with E-state index in [1.165, 1.54) is 19.2 Å². The minimum atomic E-state index is -0.765. The van der Waals surface area contributed by atoms with E-state index in [0.29, 0.717) is 18.8 Å². The minimum Gasteiger partial charge on any atom is -0.375 e. The third-order valence-electron chi connectivity index (χ3n) is 5.44. The molecule has 1 aliphatic heterocycles. The smallest absolute Gasteiger partial charge is 0.250 e. The number of nitrogens with zero attached hydrogens (tertiary/aromatic N) is 2. The van der Waals surface area contributed by atoms with Crippen LogP contribution in [-0.4, -0.2) is 53.7 Å². The molecule has 2 aromatic rings. The number of aromatic amines is 1. The zero-order valence-corrected chi connectivity index (χ0v) is 17.0. The lowest BCUT2D eigenvalue weighted by atomic mass is 9.82. The second-order valence-corrected chi connectivity index (χ2v) is 7.90. The van der Waals surface area contributed by atoms with Gasteiger partial charge in [-0.3, -0.25) is 14.7 Å². The number of aromatic nitrogens is 2. The average Bonchev–Trinajstić information content (AvgIpc) is 3.16. The normalized spacial score (nSPS) is 17.2. The molecular weight excluding hydrogens is 375 g/mol. The Hall–Kier alpha value is -2.74. The summed E-state index contributed by atoms with van der Waals surface area (Å²) in [7, 11) is 1.46. The molecule has 0 spiro atoms. The molecule has 1 atom stereocenters. The molecule has 2 amide bonds. The number of carbonyl (C=O) groups is 2. The number of H-pyrrole nitrogens is 1. The summed E-state index contributed by atoms with van der Waals surface area (Å²) in [5.41, 5.74) is 1.44. The number of hydrogen-bond acceptors (Lipinski definition) is 4. The van der Waals surface area contributed by atoms with E-state index in [1.54, 1.807) is 18.3 Å². The molecule has 3 rings (SSSR count). The number of ether oxygens (including phenoxy) is 1. The Labute approximate surface area is 169 Å². The third-order valence-corrected chi connectivity index (χ3v) is 5.44. The fraction of sp³-hybridized carbons (Fsp3) is 0.476. The Morgan fingerprint density at radius 2 is 2.07 bits per heavy atom. The van der Waals surface area contributed by atoms with Gasteiger partial charge in [-0.15, -0.1) is 0 Å². The first kappa shape index (κ1) is 21.0. The summed E-state index contributed by atoms with van der Waals surface area (Å²) in [6.07, 6.45) is 3.31. The largest absolute Gasteiger partial charge is 0.375 e. The Kier molecular flexibility index (Phi) is 6.32. The van der Waals surface area contributed by atoms with Crippen LogP contribution in [0.25, 0.3) is 0 Å². The van der Waals surface area contributed by atoms with Gasteiger partial charge in [-0.1, -0.05) is 12.1 Å². The van der Waals surface area contributed by atoms with E-state index in [4.69, 9.17) is 4.74 Å². The van der Waals surface area contributed by atoms with E-state index < -0.39 is 5.41 Å². The molecule has 0 unspecified atom stereocenters. The molecule has 156 valence electrons. The number of rotatable bonds is 6. The predicted octanol–water partition coefficient (Wildman–Crippen LogP) is 2.82. The highest BCUT2D eigenvalue weighted by molar-refractivity contribution is 5.92. The Morgan fingerprint density at radius 3 is 2.76 bits per heavy atom. The average molecular weight is 402 g/mol. The van der Waals surface area contributed by atoms with Gasteiger partial charge in [-0.25, -0.2) is 4.39 Å². The Morgan fingerprint density at radius 1 is 1.34 bits per heavy atom. The summed E-state index contributed by atoms with van der Waals surface area (Å²) in [4.78, 5) is 27.0. The van der Waals surface area contributed by atoms with E-state index >= 15 is 0 Å². The van der Waals surface area contributed by atoms with Crippen molar-refractivity contribution in [3.8, 4) is 0 Å². The molecule has 2 N–H and O–H groups in total. The number of likely N-dealkylation sites (tertiary alicyclic amines) is 1. The SMILES string of the molecule is COCC(=O)Nc1cn[nH]c1[C@@H]1CCCN(C(=O)C(C)(C)c2ccc(F)cc2)C1. The maximum Gasteiger partial charge on any atom is 0.250 e. The highest BCUT2D eigenvalue weighted by atomic mass is 19.1. The monoisotopic (exact) mass is 402 g/mol. The summed E-state index contributed by atoms with van der Waals surface area (Å²) in [5.74, 6) is -0.538. The van der Waals surface area contributed by atoms with Gasteiger partial charge in [0.25, 0.3) is 0 Å². The molecule has 1 aliphatic rings. The van der Waals surface area contributed by atoms with Crippen molar-refractivity contribution in [2.24, 2.45) is 0 Å². The Balaban J connectivity index is 1.74. The van der Waals surface area contributed by atoms with E-state index in [1.807, 2.05) is 18.7 Å². The summed E-state index contributed by atoms with van der Waals surface area (Å²) < 4.78 is 18.1. The van der Waals surface area contributed by atoms with Gasteiger partial charge in [0.05, 0.1) is 23.0 Å². The fourth-order valence-electron chi connectivity index (χ4n) is 3.81. The lowest BCUT2D eigenvalue weighted by molar-refractivity contribution is -0.137. The van der Waals surface area contributed by atoms with Crippen LogP contribution in [0.2, 0.25) is 0 Å². The van der Waals surface area contributed by atoms with Gasteiger partial charge in [0.15, 0.2) is 0 Å². The molecule has 0 saturated carbocycles. The minimum absolute atomic E-state index is 0.00158. The van der Waals surface area contributed by atoms with Crippen molar-refractivity contribution < 1.29 is 18.7 Å². The van der Waals surface area contributed by atoms with E-state index in [9.17, 15) is 14.0 Å². The van der Waals surface area contributed by atoms with Gasteiger partial charge in [0, 0.05) is 26.1 Å². The number of methoxy groups -OCH3 is 1. The lowest BCUT2D eigenvalue weighted by Gasteiger charge is -2.37. The number of benzene rings is 1. The van der Waals surface area contributed by atoms with Crippen molar-refractivity contribution in [3.05, 3.63) is 47.5 Å². The Bertz CT molecular complexity index is 863. The first-order chi connectivity index (χ1) is 13.8. The van der Waals surface area contributed by atoms with E-state index in [-0.39, 0.29) is 30.2 Å². The number of piperidine rings is 1. The summed E-state index contributed by atoms with van der Waals surface area (Å²) in [6.45, 7) is 4.88. The van der Waals surface area contributed by atoms with E-state index in [2.05, 4.69) is 15.5 Å². The molecule has 1 aromatic carbocycles. The van der Waals surface area contributed by atoms with Crippen molar-refractivity contribution in [2.75, 3.05) is 32.1 Å². The van der Waals surface area contributed by atoms with Crippen LogP contribution in [0.5, 0.6) is 0 Å².